The highest BCUT2D eigenvalue weighted by atomic mass is 127. The summed E-state index contributed by atoms with van der Waals surface area (Å²) in [6.45, 7) is 4.25. The molecule has 0 amide bonds. The van der Waals surface area contributed by atoms with Crippen LogP contribution in [0.2, 0.25) is 0 Å². The highest BCUT2D eigenvalue weighted by Gasteiger charge is 2.11. The lowest BCUT2D eigenvalue weighted by Crippen LogP contribution is -2.16. The second-order valence-electron chi connectivity index (χ2n) is 3.04. The first kappa shape index (κ1) is 9.06. The smallest absolute Gasteiger partial charge is 0.0471 e. The standard InChI is InChI=1S/C8H13IN2/c1-5(2)8(10)7-3-6(9)4-11-7/h3-5,8,11H,10H2,1-2H3. The van der Waals surface area contributed by atoms with Gasteiger partial charge in [0.25, 0.3) is 0 Å². The van der Waals surface area contributed by atoms with Crippen LogP contribution >= 0.6 is 22.6 Å². The fourth-order valence-electron chi connectivity index (χ4n) is 0.936. The first-order chi connectivity index (χ1) is 5.11. The summed E-state index contributed by atoms with van der Waals surface area (Å²) in [5.41, 5.74) is 7.05. The number of halogens is 1. The monoisotopic (exact) mass is 264 g/mol. The molecule has 1 heterocycles. The first-order valence-corrected chi connectivity index (χ1v) is 4.78. The maximum absolute atomic E-state index is 5.92. The molecule has 3 heteroatoms. The Hall–Kier alpha value is -0.0300. The number of aromatic amines is 1. The van der Waals surface area contributed by atoms with E-state index in [-0.39, 0.29) is 6.04 Å². The van der Waals surface area contributed by atoms with Gasteiger partial charge in [-0.15, -0.1) is 0 Å². The Kier molecular flexibility index (Phi) is 2.95. The van der Waals surface area contributed by atoms with Gasteiger partial charge in [-0.3, -0.25) is 0 Å². The molecule has 0 aliphatic heterocycles. The Morgan fingerprint density at radius 1 is 1.55 bits per heavy atom. The number of rotatable bonds is 2. The van der Waals surface area contributed by atoms with Crippen molar-refractivity contribution in [3.8, 4) is 0 Å². The van der Waals surface area contributed by atoms with Gasteiger partial charge in [0.2, 0.25) is 0 Å². The molecule has 0 aromatic carbocycles. The van der Waals surface area contributed by atoms with E-state index >= 15 is 0 Å². The van der Waals surface area contributed by atoms with Crippen molar-refractivity contribution < 1.29 is 0 Å². The highest BCUT2D eigenvalue weighted by molar-refractivity contribution is 14.1. The van der Waals surface area contributed by atoms with E-state index in [1.807, 2.05) is 6.20 Å². The molecule has 0 radical (unpaired) electrons. The van der Waals surface area contributed by atoms with Gasteiger partial charge in [0.15, 0.2) is 0 Å². The molecule has 0 fully saturated rings. The quantitative estimate of drug-likeness (QED) is 0.790. The maximum Gasteiger partial charge on any atom is 0.0471 e. The lowest BCUT2D eigenvalue weighted by Gasteiger charge is -2.12. The van der Waals surface area contributed by atoms with Crippen molar-refractivity contribution in [1.82, 2.24) is 4.98 Å². The molecule has 3 N–H and O–H groups in total. The Balaban J connectivity index is 2.76. The van der Waals surface area contributed by atoms with Crippen molar-refractivity contribution in [3.05, 3.63) is 21.5 Å². The van der Waals surface area contributed by atoms with Crippen LogP contribution in [0.25, 0.3) is 0 Å². The van der Waals surface area contributed by atoms with Crippen molar-refractivity contribution in [2.75, 3.05) is 0 Å². The van der Waals surface area contributed by atoms with Gasteiger partial charge >= 0.3 is 0 Å². The highest BCUT2D eigenvalue weighted by Crippen LogP contribution is 2.18. The molecule has 0 spiro atoms. The van der Waals surface area contributed by atoms with Gasteiger partial charge in [-0.1, -0.05) is 13.8 Å². The fraction of sp³-hybridized carbons (Fsp3) is 0.500. The van der Waals surface area contributed by atoms with Crippen molar-refractivity contribution in [3.63, 3.8) is 0 Å². The molecular weight excluding hydrogens is 251 g/mol. The first-order valence-electron chi connectivity index (χ1n) is 3.70. The van der Waals surface area contributed by atoms with Gasteiger partial charge in [0.05, 0.1) is 0 Å². The van der Waals surface area contributed by atoms with Crippen LogP contribution in [0.4, 0.5) is 0 Å². The Bertz CT molecular complexity index is 230. The van der Waals surface area contributed by atoms with Crippen molar-refractivity contribution in [2.24, 2.45) is 11.7 Å². The molecule has 0 aliphatic carbocycles. The number of nitrogens with two attached hydrogens (primary N) is 1. The molecule has 1 aromatic rings. The number of H-pyrrole nitrogens is 1. The summed E-state index contributed by atoms with van der Waals surface area (Å²) in [5, 5.41) is 0. The van der Waals surface area contributed by atoms with Gasteiger partial charge < -0.3 is 10.7 Å². The van der Waals surface area contributed by atoms with Crippen LogP contribution in [0.5, 0.6) is 0 Å². The summed E-state index contributed by atoms with van der Waals surface area (Å²) in [7, 11) is 0. The van der Waals surface area contributed by atoms with Crippen LogP contribution in [0.15, 0.2) is 12.3 Å². The fourth-order valence-corrected chi connectivity index (χ4v) is 1.43. The number of hydrogen-bond donors (Lipinski definition) is 2. The van der Waals surface area contributed by atoms with Crippen molar-refractivity contribution in [2.45, 2.75) is 19.9 Å². The molecule has 1 aromatic heterocycles. The van der Waals surface area contributed by atoms with E-state index in [4.69, 9.17) is 5.73 Å². The largest absolute Gasteiger partial charge is 0.363 e. The van der Waals surface area contributed by atoms with Crippen LogP contribution < -0.4 is 5.73 Å². The summed E-state index contributed by atoms with van der Waals surface area (Å²) in [6, 6.07) is 2.23. The van der Waals surface area contributed by atoms with E-state index < -0.39 is 0 Å². The Morgan fingerprint density at radius 3 is 2.55 bits per heavy atom. The van der Waals surface area contributed by atoms with Gasteiger partial charge in [-0.25, -0.2) is 0 Å². The van der Waals surface area contributed by atoms with Crippen LogP contribution in [-0.4, -0.2) is 4.98 Å². The van der Waals surface area contributed by atoms with E-state index in [1.54, 1.807) is 0 Å². The average Bonchev–Trinajstić information content (AvgIpc) is 2.34. The molecule has 1 rings (SSSR count). The molecule has 0 saturated carbocycles. The summed E-state index contributed by atoms with van der Waals surface area (Å²) in [4.78, 5) is 3.15. The van der Waals surface area contributed by atoms with E-state index in [1.165, 1.54) is 3.57 Å². The molecule has 2 nitrogen and oxygen atoms in total. The van der Waals surface area contributed by atoms with Crippen LogP contribution in [0.3, 0.4) is 0 Å². The van der Waals surface area contributed by atoms with Gasteiger partial charge in [0.1, 0.15) is 0 Å². The van der Waals surface area contributed by atoms with E-state index in [9.17, 15) is 0 Å². The van der Waals surface area contributed by atoms with Gasteiger partial charge in [-0.05, 0) is 34.6 Å². The number of hydrogen-bond acceptors (Lipinski definition) is 1. The summed E-state index contributed by atoms with van der Waals surface area (Å²) in [6.07, 6.45) is 1.97. The zero-order valence-electron chi connectivity index (χ0n) is 6.76. The summed E-state index contributed by atoms with van der Waals surface area (Å²) < 4.78 is 1.22. The van der Waals surface area contributed by atoms with Crippen molar-refractivity contribution in [1.29, 1.82) is 0 Å². The minimum atomic E-state index is 0.138. The molecule has 1 unspecified atom stereocenters. The average molecular weight is 264 g/mol. The second-order valence-corrected chi connectivity index (χ2v) is 4.29. The number of nitrogens with one attached hydrogen (secondary N) is 1. The Labute approximate surface area is 80.7 Å². The third kappa shape index (κ3) is 2.20. The SMILES string of the molecule is CC(C)C(N)c1cc(I)c[nH]1. The van der Waals surface area contributed by atoms with Gasteiger partial charge in [0, 0.05) is 21.5 Å². The Morgan fingerprint density at radius 2 is 2.18 bits per heavy atom. The van der Waals surface area contributed by atoms with Crippen molar-refractivity contribution >= 4 is 22.6 Å². The maximum atomic E-state index is 5.92. The van der Waals surface area contributed by atoms with E-state index in [0.717, 1.165) is 5.69 Å². The predicted molar refractivity (Wildman–Crippen MR) is 55.3 cm³/mol. The van der Waals surface area contributed by atoms with Crippen LogP contribution in [-0.2, 0) is 0 Å². The summed E-state index contributed by atoms with van der Waals surface area (Å²) >= 11 is 2.27. The van der Waals surface area contributed by atoms with E-state index in [0.29, 0.717) is 5.92 Å². The molecule has 0 bridgehead atoms. The zero-order chi connectivity index (χ0) is 8.43. The minimum Gasteiger partial charge on any atom is -0.363 e. The summed E-state index contributed by atoms with van der Waals surface area (Å²) in [5.74, 6) is 0.490. The lowest BCUT2D eigenvalue weighted by atomic mass is 10.0. The molecule has 11 heavy (non-hydrogen) atoms. The zero-order valence-corrected chi connectivity index (χ0v) is 8.92. The molecular formula is C8H13IN2. The minimum absolute atomic E-state index is 0.138. The molecule has 0 saturated heterocycles. The molecule has 0 aliphatic rings. The second kappa shape index (κ2) is 3.58. The topological polar surface area (TPSA) is 41.8 Å². The molecule has 62 valence electrons. The van der Waals surface area contributed by atoms with Gasteiger partial charge in [-0.2, -0.15) is 0 Å². The van der Waals surface area contributed by atoms with E-state index in [2.05, 4.69) is 47.5 Å². The lowest BCUT2D eigenvalue weighted by molar-refractivity contribution is 0.505. The third-order valence-corrected chi connectivity index (χ3v) is 2.37. The predicted octanol–water partition coefficient (Wildman–Crippen LogP) is 2.28. The van der Waals surface area contributed by atoms with Crippen LogP contribution in [0.1, 0.15) is 25.6 Å². The third-order valence-electron chi connectivity index (χ3n) is 1.75. The molecule has 1 atom stereocenters. The number of aromatic nitrogens is 1. The van der Waals surface area contributed by atoms with Crippen LogP contribution in [0, 0.1) is 9.49 Å². The normalized spacial score (nSPS) is 13.9.